The predicted octanol–water partition coefficient (Wildman–Crippen LogP) is 0.954. The Kier molecular flexibility index (Phi) is 5.48. The fourth-order valence-corrected chi connectivity index (χ4v) is 0.504. The van der Waals surface area contributed by atoms with Gasteiger partial charge >= 0.3 is 0 Å². The molecule has 56 valence electrons. The van der Waals surface area contributed by atoms with Gasteiger partial charge in [-0.25, -0.2) is 0 Å². The van der Waals surface area contributed by atoms with Gasteiger partial charge in [-0.3, -0.25) is 0 Å². The maximum absolute atomic E-state index is 8.67. The van der Waals surface area contributed by atoms with Gasteiger partial charge in [0, 0.05) is 0 Å². The lowest BCUT2D eigenvalue weighted by atomic mass is 10.2. The molecule has 10 heavy (non-hydrogen) atoms. The largest absolute Gasteiger partial charge is 0.405 e. The molecule has 0 atom stereocenters. The molecule has 0 bridgehead atoms. The average Bonchev–Trinajstić information content (AvgIpc) is 1.98. The highest BCUT2D eigenvalue weighted by Crippen LogP contribution is 1.93. The average molecular weight is 139 g/mol. The van der Waals surface area contributed by atoms with E-state index in [0.717, 1.165) is 5.57 Å². The summed E-state index contributed by atoms with van der Waals surface area (Å²) in [7, 11) is 0. The second kappa shape index (κ2) is 6.11. The Balaban J connectivity index is 4.04. The van der Waals surface area contributed by atoms with Crippen molar-refractivity contribution in [3.8, 4) is 0 Å². The van der Waals surface area contributed by atoms with Crippen molar-refractivity contribution in [1.82, 2.24) is 0 Å². The lowest BCUT2D eigenvalue weighted by molar-refractivity contribution is 0.335. The summed E-state index contributed by atoms with van der Waals surface area (Å²) in [6, 6.07) is 0. The van der Waals surface area contributed by atoms with Crippen LogP contribution in [0, 0.1) is 0 Å². The maximum Gasteiger partial charge on any atom is 0.0682 e. The van der Waals surface area contributed by atoms with Gasteiger partial charge < -0.3 is 10.8 Å². The van der Waals surface area contributed by atoms with Gasteiger partial charge in [0.15, 0.2) is 0 Å². The van der Waals surface area contributed by atoms with E-state index in [4.69, 9.17) is 10.8 Å². The van der Waals surface area contributed by atoms with Crippen molar-refractivity contribution in [2.45, 2.75) is 6.92 Å². The van der Waals surface area contributed by atoms with Crippen LogP contribution in [0.15, 0.2) is 36.1 Å². The van der Waals surface area contributed by atoms with Crippen LogP contribution in [0.4, 0.5) is 0 Å². The molecule has 0 amide bonds. The highest BCUT2D eigenvalue weighted by atomic mass is 16.3. The van der Waals surface area contributed by atoms with E-state index in [0.29, 0.717) is 0 Å². The fourth-order valence-electron chi connectivity index (χ4n) is 0.504. The molecule has 0 aliphatic heterocycles. The van der Waals surface area contributed by atoms with Crippen molar-refractivity contribution in [3.63, 3.8) is 0 Å². The molecule has 2 heteroatoms. The first-order chi connectivity index (χ1) is 4.85. The topological polar surface area (TPSA) is 46.2 Å². The zero-order valence-corrected chi connectivity index (χ0v) is 6.12. The van der Waals surface area contributed by atoms with E-state index < -0.39 is 0 Å². The third kappa shape index (κ3) is 3.92. The molecule has 2 nitrogen and oxygen atoms in total. The minimum absolute atomic E-state index is 0.0258. The Labute approximate surface area is 61.4 Å². The number of allylic oxidation sites excluding steroid dienone is 3. The fraction of sp³-hybridized carbons (Fsp3) is 0.250. The third-order valence-electron chi connectivity index (χ3n) is 0.996. The van der Waals surface area contributed by atoms with Gasteiger partial charge in [-0.15, -0.1) is 0 Å². The molecule has 0 aliphatic carbocycles. The first-order valence-electron chi connectivity index (χ1n) is 3.16. The van der Waals surface area contributed by atoms with Crippen molar-refractivity contribution in [1.29, 1.82) is 0 Å². The summed E-state index contributed by atoms with van der Waals surface area (Å²) in [6.45, 7) is 1.94. The molecule has 0 radical (unpaired) electrons. The van der Waals surface area contributed by atoms with Crippen LogP contribution < -0.4 is 5.73 Å². The molecule has 0 fully saturated rings. The Morgan fingerprint density at radius 2 is 2.30 bits per heavy atom. The predicted molar refractivity (Wildman–Crippen MR) is 43.3 cm³/mol. The summed E-state index contributed by atoms with van der Waals surface area (Å²) in [5.41, 5.74) is 5.93. The molecule has 0 aromatic rings. The Morgan fingerprint density at radius 1 is 1.60 bits per heavy atom. The summed E-state index contributed by atoms with van der Waals surface area (Å²) in [5.74, 6) is 0. The van der Waals surface area contributed by atoms with Gasteiger partial charge in [0.25, 0.3) is 0 Å². The van der Waals surface area contributed by atoms with E-state index in [-0.39, 0.29) is 6.61 Å². The first kappa shape index (κ1) is 8.98. The maximum atomic E-state index is 8.67. The molecule has 0 aliphatic rings. The zero-order valence-electron chi connectivity index (χ0n) is 6.12. The summed E-state index contributed by atoms with van der Waals surface area (Å²) in [4.78, 5) is 0. The zero-order chi connectivity index (χ0) is 7.82. The van der Waals surface area contributed by atoms with E-state index in [1.54, 1.807) is 6.08 Å². The molecule has 0 rings (SSSR count). The van der Waals surface area contributed by atoms with Crippen LogP contribution >= 0.6 is 0 Å². The molecule has 0 saturated carbocycles. The molecular weight excluding hydrogens is 126 g/mol. The van der Waals surface area contributed by atoms with Gasteiger partial charge in [0.05, 0.1) is 6.61 Å². The number of nitrogens with two attached hydrogens (primary N) is 1. The summed E-state index contributed by atoms with van der Waals surface area (Å²) in [6.07, 6.45) is 8.63. The minimum Gasteiger partial charge on any atom is -0.405 e. The van der Waals surface area contributed by atoms with Crippen molar-refractivity contribution in [2.24, 2.45) is 5.73 Å². The Hall–Kier alpha value is -1.02. The molecule has 0 spiro atoms. The van der Waals surface area contributed by atoms with Crippen LogP contribution in [0.3, 0.4) is 0 Å². The van der Waals surface area contributed by atoms with E-state index in [9.17, 15) is 0 Å². The normalized spacial score (nSPS) is 13.6. The lowest BCUT2D eigenvalue weighted by Crippen LogP contribution is -1.87. The van der Waals surface area contributed by atoms with Crippen molar-refractivity contribution < 1.29 is 5.11 Å². The highest BCUT2D eigenvalue weighted by Gasteiger charge is 1.83. The SMILES string of the molecule is C\C=C/C=C(\C=C/N)CO. The highest BCUT2D eigenvalue weighted by molar-refractivity contribution is 5.23. The molecule has 0 heterocycles. The second-order valence-electron chi connectivity index (χ2n) is 1.78. The van der Waals surface area contributed by atoms with Crippen molar-refractivity contribution >= 4 is 0 Å². The van der Waals surface area contributed by atoms with Crippen molar-refractivity contribution in [2.75, 3.05) is 6.61 Å². The van der Waals surface area contributed by atoms with Crippen LogP contribution in [-0.4, -0.2) is 11.7 Å². The lowest BCUT2D eigenvalue weighted by Gasteiger charge is -1.90. The number of aliphatic hydroxyl groups is 1. The number of rotatable bonds is 3. The standard InChI is InChI=1S/C8H13NO/c1-2-3-4-8(7-10)5-6-9/h2-6,10H,7,9H2,1H3/b3-2-,6-5-,8-4+. The number of hydrogen-bond acceptors (Lipinski definition) is 2. The van der Waals surface area contributed by atoms with Gasteiger partial charge in [-0.2, -0.15) is 0 Å². The quantitative estimate of drug-likeness (QED) is 0.572. The Bertz CT molecular complexity index is 157. The van der Waals surface area contributed by atoms with Crippen LogP contribution in [0.5, 0.6) is 0 Å². The van der Waals surface area contributed by atoms with Gasteiger partial charge in [0.1, 0.15) is 0 Å². The van der Waals surface area contributed by atoms with E-state index in [1.807, 2.05) is 25.2 Å². The molecular formula is C8H13NO. The van der Waals surface area contributed by atoms with Gasteiger partial charge in [0.2, 0.25) is 0 Å². The Morgan fingerprint density at radius 3 is 2.70 bits per heavy atom. The second-order valence-corrected chi connectivity index (χ2v) is 1.78. The van der Waals surface area contributed by atoms with Gasteiger partial charge in [-0.1, -0.05) is 18.2 Å². The number of hydrogen-bond donors (Lipinski definition) is 2. The third-order valence-corrected chi connectivity index (χ3v) is 0.996. The smallest absolute Gasteiger partial charge is 0.0682 e. The summed E-state index contributed by atoms with van der Waals surface area (Å²) >= 11 is 0. The van der Waals surface area contributed by atoms with E-state index in [1.165, 1.54) is 6.20 Å². The first-order valence-corrected chi connectivity index (χ1v) is 3.16. The minimum atomic E-state index is 0.0258. The van der Waals surface area contributed by atoms with Crippen LogP contribution in [0.25, 0.3) is 0 Å². The summed E-state index contributed by atoms with van der Waals surface area (Å²) in [5, 5.41) is 8.67. The molecule has 0 aromatic carbocycles. The molecule has 0 saturated heterocycles. The monoisotopic (exact) mass is 139 g/mol. The van der Waals surface area contributed by atoms with Crippen LogP contribution in [0.1, 0.15) is 6.92 Å². The van der Waals surface area contributed by atoms with Crippen LogP contribution in [-0.2, 0) is 0 Å². The molecule has 0 unspecified atom stereocenters. The molecule has 0 aromatic heterocycles. The van der Waals surface area contributed by atoms with Crippen molar-refractivity contribution in [3.05, 3.63) is 36.1 Å². The molecule has 3 N–H and O–H groups in total. The van der Waals surface area contributed by atoms with Crippen LogP contribution in [0.2, 0.25) is 0 Å². The number of aliphatic hydroxyl groups excluding tert-OH is 1. The van der Waals surface area contributed by atoms with E-state index >= 15 is 0 Å². The summed E-state index contributed by atoms with van der Waals surface area (Å²) < 4.78 is 0. The van der Waals surface area contributed by atoms with E-state index in [2.05, 4.69) is 0 Å². The van der Waals surface area contributed by atoms with Gasteiger partial charge in [-0.05, 0) is 24.8 Å².